The molecule has 0 aromatic heterocycles. The lowest BCUT2D eigenvalue weighted by molar-refractivity contribution is -0.137. The quantitative estimate of drug-likeness (QED) is 0.733. The molecule has 33 heavy (non-hydrogen) atoms. The van der Waals surface area contributed by atoms with E-state index < -0.39 is 0 Å². The number of hydrogen-bond donors (Lipinski definition) is 1. The number of aryl methyl sites for hydroxylation is 2. The molecule has 2 aromatic carbocycles. The lowest BCUT2D eigenvalue weighted by Gasteiger charge is -2.39. The second-order valence-corrected chi connectivity index (χ2v) is 8.98. The van der Waals surface area contributed by atoms with Crippen molar-refractivity contribution < 1.29 is 14.3 Å². The van der Waals surface area contributed by atoms with Gasteiger partial charge in [0.1, 0.15) is 6.04 Å². The van der Waals surface area contributed by atoms with Crippen molar-refractivity contribution in [2.24, 2.45) is 0 Å². The molecule has 4 rings (SSSR count). The van der Waals surface area contributed by atoms with Gasteiger partial charge < -0.3 is 15.0 Å². The van der Waals surface area contributed by atoms with Gasteiger partial charge in [0.2, 0.25) is 11.8 Å². The Labute approximate surface area is 196 Å². The zero-order chi connectivity index (χ0) is 23.2. The summed E-state index contributed by atoms with van der Waals surface area (Å²) in [5.41, 5.74) is 4.06. The third-order valence-corrected chi connectivity index (χ3v) is 6.35. The minimum atomic E-state index is -0.371. The van der Waals surface area contributed by atoms with E-state index in [4.69, 9.17) is 4.74 Å². The molecule has 7 nitrogen and oxygen atoms in total. The van der Waals surface area contributed by atoms with Crippen molar-refractivity contribution in [1.29, 1.82) is 0 Å². The van der Waals surface area contributed by atoms with E-state index in [1.165, 1.54) is 0 Å². The molecule has 0 spiro atoms. The predicted molar refractivity (Wildman–Crippen MR) is 129 cm³/mol. The Balaban J connectivity index is 1.41. The molecule has 0 radical (unpaired) electrons. The number of morpholine rings is 1. The van der Waals surface area contributed by atoms with Gasteiger partial charge in [-0.05, 0) is 42.7 Å². The van der Waals surface area contributed by atoms with E-state index in [2.05, 4.69) is 21.2 Å². The molecule has 0 bridgehead atoms. The minimum absolute atomic E-state index is 0.0240. The molecule has 1 N–H and O–H groups in total. The van der Waals surface area contributed by atoms with Crippen LogP contribution in [0.2, 0.25) is 0 Å². The van der Waals surface area contributed by atoms with Gasteiger partial charge in [-0.1, -0.05) is 36.4 Å². The number of anilines is 1. The number of nitrogens with one attached hydrogen (secondary N) is 1. The van der Waals surface area contributed by atoms with Crippen LogP contribution in [0.4, 0.5) is 5.69 Å². The average Bonchev–Trinajstić information content (AvgIpc) is 2.81. The van der Waals surface area contributed by atoms with Crippen LogP contribution in [0.5, 0.6) is 0 Å². The van der Waals surface area contributed by atoms with Gasteiger partial charge in [-0.15, -0.1) is 0 Å². The number of hydrogen-bond acceptors (Lipinski definition) is 5. The number of piperazine rings is 1. The van der Waals surface area contributed by atoms with Crippen LogP contribution >= 0.6 is 0 Å². The van der Waals surface area contributed by atoms with E-state index in [-0.39, 0.29) is 17.9 Å². The molecule has 2 aliphatic rings. The highest BCUT2D eigenvalue weighted by Gasteiger charge is 2.31. The summed E-state index contributed by atoms with van der Waals surface area (Å²) in [5, 5.41) is 3.14. The molecule has 0 saturated carbocycles. The highest BCUT2D eigenvalue weighted by Crippen LogP contribution is 2.25. The molecule has 7 heteroatoms. The number of carbonyl (C=O) groups is 2. The van der Waals surface area contributed by atoms with Gasteiger partial charge in [0.15, 0.2) is 0 Å². The summed E-state index contributed by atoms with van der Waals surface area (Å²) >= 11 is 0. The Hall–Kier alpha value is -2.74. The number of carbonyl (C=O) groups excluding carboxylic acids is 2. The van der Waals surface area contributed by atoms with Gasteiger partial charge in [-0.2, -0.15) is 0 Å². The summed E-state index contributed by atoms with van der Waals surface area (Å²) in [7, 11) is 0. The lowest BCUT2D eigenvalue weighted by atomic mass is 10.0. The standard InChI is InChI=1S/C26H34N4O3/c1-20-16-21(2)18-23(17-20)27-26(32)25(22-6-4-3-5-7-22)30-10-8-28(9-11-30)19-24(31)29-12-14-33-15-13-29/h3-7,16-18,25H,8-15,19H2,1-2H3,(H,27,32). The summed E-state index contributed by atoms with van der Waals surface area (Å²) in [6, 6.07) is 15.7. The van der Waals surface area contributed by atoms with Crippen LogP contribution < -0.4 is 5.32 Å². The highest BCUT2D eigenvalue weighted by atomic mass is 16.5. The van der Waals surface area contributed by atoms with E-state index in [0.29, 0.717) is 32.8 Å². The van der Waals surface area contributed by atoms with Crippen LogP contribution in [0.15, 0.2) is 48.5 Å². The third-order valence-electron chi connectivity index (χ3n) is 6.35. The van der Waals surface area contributed by atoms with Crippen molar-refractivity contribution in [1.82, 2.24) is 14.7 Å². The zero-order valence-electron chi connectivity index (χ0n) is 19.6. The summed E-state index contributed by atoms with van der Waals surface area (Å²) in [6.45, 7) is 10.1. The van der Waals surface area contributed by atoms with Gasteiger partial charge in [-0.25, -0.2) is 0 Å². The summed E-state index contributed by atoms with van der Waals surface area (Å²) < 4.78 is 5.35. The first-order valence-electron chi connectivity index (χ1n) is 11.8. The van der Waals surface area contributed by atoms with E-state index >= 15 is 0 Å². The minimum Gasteiger partial charge on any atom is -0.378 e. The second-order valence-electron chi connectivity index (χ2n) is 8.98. The molecule has 176 valence electrons. The number of nitrogens with zero attached hydrogens (tertiary/aromatic N) is 3. The van der Waals surface area contributed by atoms with Crippen molar-refractivity contribution in [3.8, 4) is 0 Å². The van der Waals surface area contributed by atoms with Crippen LogP contribution in [-0.4, -0.2) is 85.5 Å². The maximum atomic E-state index is 13.5. The molecule has 2 saturated heterocycles. The average molecular weight is 451 g/mol. The van der Waals surface area contributed by atoms with Crippen molar-refractivity contribution >= 4 is 17.5 Å². The largest absolute Gasteiger partial charge is 0.378 e. The van der Waals surface area contributed by atoms with Gasteiger partial charge in [0, 0.05) is 45.0 Å². The van der Waals surface area contributed by atoms with Crippen LogP contribution in [0.3, 0.4) is 0 Å². The zero-order valence-corrected chi connectivity index (χ0v) is 19.6. The van der Waals surface area contributed by atoms with E-state index in [9.17, 15) is 9.59 Å². The normalized spacial score (nSPS) is 18.7. The molecule has 2 aromatic rings. The fourth-order valence-electron chi connectivity index (χ4n) is 4.70. The lowest BCUT2D eigenvalue weighted by Crippen LogP contribution is -2.53. The predicted octanol–water partition coefficient (Wildman–Crippen LogP) is 2.46. The molecule has 2 aliphatic heterocycles. The SMILES string of the molecule is Cc1cc(C)cc(NC(=O)C(c2ccccc2)N2CCN(CC(=O)N3CCOCC3)CC2)c1. The summed E-state index contributed by atoms with van der Waals surface area (Å²) in [5.74, 6) is 0.142. The maximum absolute atomic E-state index is 13.5. The fraction of sp³-hybridized carbons (Fsp3) is 0.462. The van der Waals surface area contributed by atoms with E-state index in [0.717, 1.165) is 48.6 Å². The first-order valence-corrected chi connectivity index (χ1v) is 11.8. The van der Waals surface area contributed by atoms with Crippen LogP contribution in [0, 0.1) is 13.8 Å². The van der Waals surface area contributed by atoms with Gasteiger partial charge in [0.05, 0.1) is 19.8 Å². The van der Waals surface area contributed by atoms with Crippen LogP contribution in [-0.2, 0) is 14.3 Å². The molecule has 2 amide bonds. The number of amides is 2. The molecule has 1 unspecified atom stereocenters. The van der Waals surface area contributed by atoms with E-state index in [1.807, 2.05) is 61.2 Å². The molecular formula is C26H34N4O3. The van der Waals surface area contributed by atoms with Crippen molar-refractivity contribution in [2.45, 2.75) is 19.9 Å². The molecule has 1 atom stereocenters. The van der Waals surface area contributed by atoms with Crippen molar-refractivity contribution in [2.75, 3.05) is 64.3 Å². The topological polar surface area (TPSA) is 65.1 Å². The summed E-state index contributed by atoms with van der Waals surface area (Å²) in [6.07, 6.45) is 0. The molecule has 0 aliphatic carbocycles. The monoisotopic (exact) mass is 450 g/mol. The molecular weight excluding hydrogens is 416 g/mol. The van der Waals surface area contributed by atoms with Crippen molar-refractivity contribution in [3.63, 3.8) is 0 Å². The fourth-order valence-corrected chi connectivity index (χ4v) is 4.70. The maximum Gasteiger partial charge on any atom is 0.246 e. The highest BCUT2D eigenvalue weighted by molar-refractivity contribution is 5.95. The first kappa shape index (κ1) is 23.4. The summed E-state index contributed by atoms with van der Waals surface area (Å²) in [4.78, 5) is 32.4. The number of rotatable bonds is 6. The third kappa shape index (κ3) is 6.19. The second kappa shape index (κ2) is 10.9. The Morgan fingerprint density at radius 3 is 2.18 bits per heavy atom. The van der Waals surface area contributed by atoms with Crippen molar-refractivity contribution in [3.05, 3.63) is 65.2 Å². The Morgan fingerprint density at radius 1 is 0.909 bits per heavy atom. The Kier molecular flexibility index (Phi) is 7.75. The van der Waals surface area contributed by atoms with Gasteiger partial charge in [-0.3, -0.25) is 19.4 Å². The number of ether oxygens (including phenoxy) is 1. The first-order chi connectivity index (χ1) is 16.0. The van der Waals surface area contributed by atoms with Gasteiger partial charge in [0.25, 0.3) is 0 Å². The number of benzene rings is 2. The van der Waals surface area contributed by atoms with Crippen LogP contribution in [0.1, 0.15) is 22.7 Å². The van der Waals surface area contributed by atoms with Gasteiger partial charge >= 0.3 is 0 Å². The van der Waals surface area contributed by atoms with Crippen LogP contribution in [0.25, 0.3) is 0 Å². The smallest absolute Gasteiger partial charge is 0.246 e. The Morgan fingerprint density at radius 2 is 1.55 bits per heavy atom. The van der Waals surface area contributed by atoms with E-state index in [1.54, 1.807) is 0 Å². The molecule has 2 fully saturated rings. The Bertz CT molecular complexity index is 931. The molecule has 2 heterocycles.